The van der Waals surface area contributed by atoms with Crippen LogP contribution in [0.5, 0.6) is 0 Å². The molecule has 0 atom stereocenters. The molecule has 0 unspecified atom stereocenters. The van der Waals surface area contributed by atoms with Crippen LogP contribution in [-0.4, -0.2) is 13.1 Å². The van der Waals surface area contributed by atoms with Crippen LogP contribution in [0, 0.1) is 0 Å². The summed E-state index contributed by atoms with van der Waals surface area (Å²) < 4.78 is 4.76. The summed E-state index contributed by atoms with van der Waals surface area (Å²) >= 11 is 0. The predicted molar refractivity (Wildman–Crippen MR) is 67.6 cm³/mol. The van der Waals surface area contributed by atoms with E-state index in [9.17, 15) is 4.79 Å². The average Bonchev–Trinajstić information content (AvgIpc) is 2.39. The Bertz CT molecular complexity index is 535. The van der Waals surface area contributed by atoms with Crippen LogP contribution >= 0.6 is 0 Å². The summed E-state index contributed by atoms with van der Waals surface area (Å²) in [5.41, 5.74) is 8.63. The van der Waals surface area contributed by atoms with Gasteiger partial charge in [-0.2, -0.15) is 0 Å². The lowest BCUT2D eigenvalue weighted by molar-refractivity contribution is 0.0601. The standard InChI is InChI=1S/C14H13NO2/c1-17-14(16)12-8-7-11(15)9-13(12)10-5-3-2-4-6-10/h2-9H,15H2,1H3. The van der Waals surface area contributed by atoms with Crippen molar-refractivity contribution < 1.29 is 9.53 Å². The Morgan fingerprint density at radius 3 is 2.47 bits per heavy atom. The van der Waals surface area contributed by atoms with Gasteiger partial charge >= 0.3 is 5.97 Å². The van der Waals surface area contributed by atoms with Gasteiger partial charge in [-0.15, -0.1) is 0 Å². The van der Waals surface area contributed by atoms with E-state index in [1.165, 1.54) is 7.11 Å². The minimum atomic E-state index is -0.358. The summed E-state index contributed by atoms with van der Waals surface area (Å²) in [7, 11) is 1.37. The molecule has 3 heteroatoms. The van der Waals surface area contributed by atoms with E-state index in [1.807, 2.05) is 30.3 Å². The van der Waals surface area contributed by atoms with E-state index >= 15 is 0 Å². The Morgan fingerprint density at radius 1 is 1.12 bits per heavy atom. The highest BCUT2D eigenvalue weighted by Crippen LogP contribution is 2.26. The number of anilines is 1. The van der Waals surface area contributed by atoms with Gasteiger partial charge in [-0.25, -0.2) is 4.79 Å². The number of carbonyl (C=O) groups excluding carboxylic acids is 1. The van der Waals surface area contributed by atoms with Crippen molar-refractivity contribution in [3.63, 3.8) is 0 Å². The molecule has 2 aromatic rings. The molecular formula is C14H13NO2. The molecule has 0 aliphatic carbocycles. The van der Waals surface area contributed by atoms with Gasteiger partial charge in [0.25, 0.3) is 0 Å². The molecule has 3 nitrogen and oxygen atoms in total. The zero-order chi connectivity index (χ0) is 12.3. The number of hydrogen-bond acceptors (Lipinski definition) is 3. The molecule has 2 aromatic carbocycles. The van der Waals surface area contributed by atoms with Crippen LogP contribution in [0.2, 0.25) is 0 Å². The van der Waals surface area contributed by atoms with Crippen LogP contribution < -0.4 is 5.73 Å². The maximum Gasteiger partial charge on any atom is 0.338 e. The van der Waals surface area contributed by atoms with E-state index in [-0.39, 0.29) is 5.97 Å². The number of esters is 1. The third-order valence-electron chi connectivity index (χ3n) is 2.53. The van der Waals surface area contributed by atoms with Crippen molar-refractivity contribution in [2.75, 3.05) is 12.8 Å². The first kappa shape index (κ1) is 11.2. The molecule has 0 spiro atoms. The van der Waals surface area contributed by atoms with Crippen molar-refractivity contribution in [2.45, 2.75) is 0 Å². The lowest BCUT2D eigenvalue weighted by atomic mass is 9.99. The molecule has 2 N–H and O–H groups in total. The van der Waals surface area contributed by atoms with Gasteiger partial charge in [-0.1, -0.05) is 30.3 Å². The van der Waals surface area contributed by atoms with E-state index in [2.05, 4.69) is 0 Å². The van der Waals surface area contributed by atoms with Crippen molar-refractivity contribution in [2.24, 2.45) is 0 Å². The van der Waals surface area contributed by atoms with Crippen molar-refractivity contribution in [1.29, 1.82) is 0 Å². The largest absolute Gasteiger partial charge is 0.465 e. The maximum absolute atomic E-state index is 11.7. The second-order valence-electron chi connectivity index (χ2n) is 3.66. The summed E-state index contributed by atoms with van der Waals surface area (Å²) in [5.74, 6) is -0.358. The molecule has 0 bridgehead atoms. The van der Waals surface area contributed by atoms with Gasteiger partial charge < -0.3 is 10.5 Å². The van der Waals surface area contributed by atoms with E-state index in [4.69, 9.17) is 10.5 Å². The Balaban J connectivity index is 2.59. The molecule has 0 fully saturated rings. The van der Waals surface area contributed by atoms with Gasteiger partial charge in [0.1, 0.15) is 0 Å². The number of benzene rings is 2. The first-order valence-corrected chi connectivity index (χ1v) is 5.25. The smallest absolute Gasteiger partial charge is 0.338 e. The Labute approximate surface area is 99.8 Å². The highest BCUT2D eigenvalue weighted by atomic mass is 16.5. The maximum atomic E-state index is 11.7. The fourth-order valence-electron chi connectivity index (χ4n) is 1.71. The lowest BCUT2D eigenvalue weighted by Gasteiger charge is -2.09. The van der Waals surface area contributed by atoms with Crippen molar-refractivity contribution in [1.82, 2.24) is 0 Å². The molecule has 0 amide bonds. The van der Waals surface area contributed by atoms with Gasteiger partial charge in [0, 0.05) is 5.69 Å². The summed E-state index contributed by atoms with van der Waals surface area (Å²) in [4.78, 5) is 11.7. The van der Waals surface area contributed by atoms with Crippen LogP contribution in [0.4, 0.5) is 5.69 Å². The van der Waals surface area contributed by atoms with E-state index in [1.54, 1.807) is 18.2 Å². The molecule has 17 heavy (non-hydrogen) atoms. The summed E-state index contributed by atoms with van der Waals surface area (Å²) in [6, 6.07) is 14.8. The molecule has 0 aliphatic heterocycles. The fraction of sp³-hybridized carbons (Fsp3) is 0.0714. The summed E-state index contributed by atoms with van der Waals surface area (Å²) in [6.07, 6.45) is 0. The van der Waals surface area contributed by atoms with Crippen LogP contribution in [0.15, 0.2) is 48.5 Å². The second kappa shape index (κ2) is 4.70. The molecular weight excluding hydrogens is 214 g/mol. The van der Waals surface area contributed by atoms with Crippen molar-refractivity contribution >= 4 is 11.7 Å². The second-order valence-corrected chi connectivity index (χ2v) is 3.66. The summed E-state index contributed by atoms with van der Waals surface area (Å²) in [5, 5.41) is 0. The molecule has 0 heterocycles. The molecule has 0 radical (unpaired) electrons. The van der Waals surface area contributed by atoms with Gasteiger partial charge in [0.05, 0.1) is 12.7 Å². The average molecular weight is 227 g/mol. The number of rotatable bonds is 2. The third kappa shape index (κ3) is 2.28. The number of hydrogen-bond donors (Lipinski definition) is 1. The zero-order valence-electron chi connectivity index (χ0n) is 9.51. The quantitative estimate of drug-likeness (QED) is 0.634. The minimum Gasteiger partial charge on any atom is -0.465 e. The third-order valence-corrected chi connectivity index (χ3v) is 2.53. The van der Waals surface area contributed by atoms with E-state index < -0.39 is 0 Å². The summed E-state index contributed by atoms with van der Waals surface area (Å²) in [6.45, 7) is 0. The highest BCUT2D eigenvalue weighted by molar-refractivity contribution is 5.98. The van der Waals surface area contributed by atoms with Crippen molar-refractivity contribution in [3.8, 4) is 11.1 Å². The van der Waals surface area contributed by atoms with Gasteiger partial charge in [-0.3, -0.25) is 0 Å². The molecule has 0 saturated heterocycles. The number of nitrogen functional groups attached to an aromatic ring is 1. The molecule has 0 saturated carbocycles. The van der Waals surface area contributed by atoms with E-state index in [0.29, 0.717) is 11.3 Å². The van der Waals surface area contributed by atoms with Crippen LogP contribution in [0.1, 0.15) is 10.4 Å². The SMILES string of the molecule is COC(=O)c1ccc(N)cc1-c1ccccc1. The lowest BCUT2D eigenvalue weighted by Crippen LogP contribution is -2.04. The molecule has 2 rings (SSSR count). The number of carbonyl (C=O) groups is 1. The van der Waals surface area contributed by atoms with Gasteiger partial charge in [0.2, 0.25) is 0 Å². The van der Waals surface area contributed by atoms with Crippen LogP contribution in [0.25, 0.3) is 11.1 Å². The normalized spacial score (nSPS) is 9.94. The Kier molecular flexibility index (Phi) is 3.10. The first-order valence-electron chi connectivity index (χ1n) is 5.25. The van der Waals surface area contributed by atoms with Gasteiger partial charge in [0.15, 0.2) is 0 Å². The van der Waals surface area contributed by atoms with Crippen LogP contribution in [0.3, 0.4) is 0 Å². The van der Waals surface area contributed by atoms with E-state index in [0.717, 1.165) is 11.1 Å². The first-order chi connectivity index (χ1) is 8.22. The zero-order valence-corrected chi connectivity index (χ0v) is 9.51. The predicted octanol–water partition coefficient (Wildman–Crippen LogP) is 2.72. The number of ether oxygens (including phenoxy) is 1. The Morgan fingerprint density at radius 2 is 1.82 bits per heavy atom. The van der Waals surface area contributed by atoms with Crippen molar-refractivity contribution in [3.05, 3.63) is 54.1 Å². The highest BCUT2D eigenvalue weighted by Gasteiger charge is 2.12. The molecule has 0 aliphatic rings. The Hall–Kier alpha value is -2.29. The number of nitrogens with two attached hydrogens (primary N) is 1. The topological polar surface area (TPSA) is 52.3 Å². The minimum absolute atomic E-state index is 0.358. The molecule has 0 aromatic heterocycles. The van der Waals surface area contributed by atoms with Crippen LogP contribution in [-0.2, 0) is 4.74 Å². The monoisotopic (exact) mass is 227 g/mol. The molecule has 86 valence electrons. The fourth-order valence-corrected chi connectivity index (χ4v) is 1.71. The number of methoxy groups -OCH3 is 1. The van der Waals surface area contributed by atoms with Gasteiger partial charge in [-0.05, 0) is 29.3 Å².